The van der Waals surface area contributed by atoms with Crippen molar-refractivity contribution in [3.05, 3.63) is 66.5 Å². The third kappa shape index (κ3) is 3.86. The highest BCUT2D eigenvalue weighted by Crippen LogP contribution is 2.27. The van der Waals surface area contributed by atoms with Gasteiger partial charge in [-0.1, -0.05) is 6.07 Å². The molecule has 1 fully saturated rings. The van der Waals surface area contributed by atoms with E-state index in [1.54, 1.807) is 18.5 Å². The minimum absolute atomic E-state index is 0.276. The summed E-state index contributed by atoms with van der Waals surface area (Å²) in [5.74, 6) is 1.47. The smallest absolute Gasteiger partial charge is 0.135 e. The number of nitrogens with zero attached hydrogens (tertiary/aromatic N) is 3. The lowest BCUT2D eigenvalue weighted by molar-refractivity contribution is 0.447. The molecule has 1 aliphatic rings. The second kappa shape index (κ2) is 7.58. The van der Waals surface area contributed by atoms with E-state index in [0.717, 1.165) is 43.0 Å². The molecule has 0 aliphatic carbocycles. The van der Waals surface area contributed by atoms with Crippen LogP contribution in [0.1, 0.15) is 24.6 Å². The third-order valence-electron chi connectivity index (χ3n) is 4.48. The molecule has 1 unspecified atom stereocenters. The number of anilines is 2. The Balaban J connectivity index is 1.72. The number of piperidine rings is 1. The monoisotopic (exact) mass is 349 g/mol. The molecule has 0 saturated carbocycles. The number of hydrogen-bond acceptors (Lipinski definition) is 5. The summed E-state index contributed by atoms with van der Waals surface area (Å²) in [5.41, 5.74) is 2.48. The van der Waals surface area contributed by atoms with Crippen LogP contribution in [-0.4, -0.2) is 28.0 Å². The number of pyridine rings is 1. The van der Waals surface area contributed by atoms with Crippen molar-refractivity contribution in [2.45, 2.75) is 18.8 Å². The molecule has 1 saturated heterocycles. The van der Waals surface area contributed by atoms with Crippen molar-refractivity contribution in [2.24, 2.45) is 0 Å². The molecule has 132 valence electrons. The number of hydrogen-bond donors (Lipinski definition) is 2. The average molecular weight is 349 g/mol. The van der Waals surface area contributed by atoms with E-state index in [1.165, 1.54) is 12.1 Å². The Morgan fingerprint density at radius 1 is 1.08 bits per heavy atom. The zero-order valence-electron chi connectivity index (χ0n) is 14.3. The van der Waals surface area contributed by atoms with E-state index in [0.29, 0.717) is 11.5 Å². The lowest BCUT2D eigenvalue weighted by Gasteiger charge is -2.22. The van der Waals surface area contributed by atoms with E-state index in [-0.39, 0.29) is 11.7 Å². The van der Waals surface area contributed by atoms with Crippen LogP contribution in [0.5, 0.6) is 0 Å². The topological polar surface area (TPSA) is 62.7 Å². The van der Waals surface area contributed by atoms with Crippen molar-refractivity contribution >= 4 is 11.5 Å². The van der Waals surface area contributed by atoms with E-state index in [4.69, 9.17) is 9.97 Å². The first-order chi connectivity index (χ1) is 12.8. The van der Waals surface area contributed by atoms with E-state index in [1.807, 2.05) is 24.3 Å². The Labute approximate surface area is 151 Å². The van der Waals surface area contributed by atoms with Crippen molar-refractivity contribution in [2.75, 3.05) is 18.4 Å². The van der Waals surface area contributed by atoms with Crippen LogP contribution >= 0.6 is 0 Å². The highest BCUT2D eigenvalue weighted by molar-refractivity contribution is 5.65. The summed E-state index contributed by atoms with van der Waals surface area (Å²) in [4.78, 5) is 13.6. The van der Waals surface area contributed by atoms with Gasteiger partial charge >= 0.3 is 0 Å². The van der Waals surface area contributed by atoms with Crippen LogP contribution in [-0.2, 0) is 0 Å². The maximum atomic E-state index is 13.5. The highest BCUT2D eigenvalue weighted by atomic mass is 19.1. The summed E-state index contributed by atoms with van der Waals surface area (Å²) in [7, 11) is 0. The Morgan fingerprint density at radius 3 is 2.73 bits per heavy atom. The maximum Gasteiger partial charge on any atom is 0.135 e. The van der Waals surface area contributed by atoms with Crippen LogP contribution in [0.2, 0.25) is 0 Å². The lowest BCUT2D eigenvalue weighted by Crippen LogP contribution is -2.29. The first-order valence-corrected chi connectivity index (χ1v) is 8.80. The molecule has 3 aromatic rings. The fourth-order valence-electron chi connectivity index (χ4n) is 3.17. The summed E-state index contributed by atoms with van der Waals surface area (Å²) in [6.45, 7) is 1.91. The molecule has 0 radical (unpaired) electrons. The van der Waals surface area contributed by atoms with Gasteiger partial charge in [0.2, 0.25) is 0 Å². The van der Waals surface area contributed by atoms with Crippen LogP contribution in [0.4, 0.5) is 15.9 Å². The highest BCUT2D eigenvalue weighted by Gasteiger charge is 2.19. The summed E-state index contributed by atoms with van der Waals surface area (Å²) in [6.07, 6.45) is 5.67. The molecule has 6 heteroatoms. The van der Waals surface area contributed by atoms with Gasteiger partial charge in [-0.05, 0) is 49.7 Å². The molecule has 2 N–H and O–H groups in total. The molecule has 1 aliphatic heterocycles. The zero-order chi connectivity index (χ0) is 17.8. The standard InChI is InChI=1S/C20H20FN5/c21-16-4-1-5-17(11-16)24-19-12-18(14-6-9-22-10-7-14)25-20(26-19)15-3-2-8-23-13-15/h1,4-7,9-12,15,23H,2-3,8,13H2,(H,24,25,26). The average Bonchev–Trinajstić information content (AvgIpc) is 2.69. The minimum atomic E-state index is -0.282. The van der Waals surface area contributed by atoms with E-state index < -0.39 is 0 Å². The molecule has 1 aromatic carbocycles. The lowest BCUT2D eigenvalue weighted by atomic mass is 9.98. The summed E-state index contributed by atoms with van der Waals surface area (Å²) >= 11 is 0. The number of aromatic nitrogens is 3. The molecule has 0 bridgehead atoms. The summed E-state index contributed by atoms with van der Waals surface area (Å²) in [5, 5.41) is 6.62. The number of benzene rings is 1. The number of rotatable bonds is 4. The largest absolute Gasteiger partial charge is 0.340 e. The van der Waals surface area contributed by atoms with Gasteiger partial charge in [0.05, 0.1) is 5.69 Å². The van der Waals surface area contributed by atoms with Crippen molar-refractivity contribution in [3.8, 4) is 11.3 Å². The van der Waals surface area contributed by atoms with Crippen LogP contribution in [0, 0.1) is 5.82 Å². The molecule has 26 heavy (non-hydrogen) atoms. The first kappa shape index (κ1) is 16.6. The van der Waals surface area contributed by atoms with Crippen molar-refractivity contribution < 1.29 is 4.39 Å². The number of nitrogens with one attached hydrogen (secondary N) is 2. The summed E-state index contributed by atoms with van der Waals surface area (Å²) in [6, 6.07) is 12.1. The van der Waals surface area contributed by atoms with Gasteiger partial charge in [0.25, 0.3) is 0 Å². The van der Waals surface area contributed by atoms with Crippen LogP contribution in [0.15, 0.2) is 54.9 Å². The molecule has 1 atom stereocenters. The van der Waals surface area contributed by atoms with Crippen LogP contribution in [0.25, 0.3) is 11.3 Å². The summed E-state index contributed by atoms with van der Waals surface area (Å²) < 4.78 is 13.5. The molecule has 5 nitrogen and oxygen atoms in total. The van der Waals surface area contributed by atoms with Gasteiger partial charge in [0.1, 0.15) is 17.5 Å². The van der Waals surface area contributed by atoms with Crippen molar-refractivity contribution in [1.82, 2.24) is 20.3 Å². The molecule has 0 spiro atoms. The Hall–Kier alpha value is -2.86. The molecule has 0 amide bonds. The van der Waals surface area contributed by atoms with E-state index in [2.05, 4.69) is 15.6 Å². The molecule has 4 rings (SSSR count). The number of halogens is 1. The van der Waals surface area contributed by atoms with Gasteiger partial charge in [-0.25, -0.2) is 14.4 Å². The zero-order valence-corrected chi connectivity index (χ0v) is 14.3. The van der Waals surface area contributed by atoms with Gasteiger partial charge in [-0.2, -0.15) is 0 Å². The second-order valence-corrected chi connectivity index (χ2v) is 6.41. The van der Waals surface area contributed by atoms with Gasteiger partial charge < -0.3 is 10.6 Å². The van der Waals surface area contributed by atoms with Crippen molar-refractivity contribution in [3.63, 3.8) is 0 Å². The first-order valence-electron chi connectivity index (χ1n) is 8.80. The molecular formula is C20H20FN5. The van der Waals surface area contributed by atoms with E-state index in [9.17, 15) is 4.39 Å². The van der Waals surface area contributed by atoms with E-state index >= 15 is 0 Å². The third-order valence-corrected chi connectivity index (χ3v) is 4.48. The van der Waals surface area contributed by atoms with Crippen molar-refractivity contribution in [1.29, 1.82) is 0 Å². The van der Waals surface area contributed by atoms with Gasteiger partial charge in [0, 0.05) is 42.2 Å². The predicted molar refractivity (Wildman–Crippen MR) is 99.8 cm³/mol. The quantitative estimate of drug-likeness (QED) is 0.748. The minimum Gasteiger partial charge on any atom is -0.340 e. The Morgan fingerprint density at radius 2 is 1.96 bits per heavy atom. The molecule has 3 heterocycles. The predicted octanol–water partition coefficient (Wildman–Crippen LogP) is 3.89. The normalized spacial score (nSPS) is 17.0. The van der Waals surface area contributed by atoms with Gasteiger partial charge in [0.15, 0.2) is 0 Å². The fraction of sp³-hybridized carbons (Fsp3) is 0.250. The van der Waals surface area contributed by atoms with Crippen LogP contribution in [0.3, 0.4) is 0 Å². The molecular weight excluding hydrogens is 329 g/mol. The molecule has 2 aromatic heterocycles. The Bertz CT molecular complexity index is 878. The Kier molecular flexibility index (Phi) is 4.84. The van der Waals surface area contributed by atoms with Gasteiger partial charge in [-0.3, -0.25) is 4.98 Å². The maximum absolute atomic E-state index is 13.5. The van der Waals surface area contributed by atoms with Crippen LogP contribution < -0.4 is 10.6 Å². The SMILES string of the molecule is Fc1cccc(Nc2cc(-c3ccncc3)nc(C3CCCNC3)n2)c1. The fourth-order valence-corrected chi connectivity index (χ4v) is 3.17. The van der Waals surface area contributed by atoms with Gasteiger partial charge in [-0.15, -0.1) is 0 Å². The second-order valence-electron chi connectivity index (χ2n) is 6.41.